The normalized spacial score (nSPS) is 18.2. The van der Waals surface area contributed by atoms with Crippen LogP contribution in [-0.4, -0.2) is 42.3 Å². The van der Waals surface area contributed by atoms with E-state index in [1.54, 1.807) is 17.9 Å². The third-order valence-corrected chi connectivity index (χ3v) is 3.97. The number of carbonyl (C=O) groups excluding carboxylic acids is 2. The number of likely N-dealkylation sites (tertiary alicyclic amines) is 1. The Morgan fingerprint density at radius 1 is 1.25 bits per heavy atom. The summed E-state index contributed by atoms with van der Waals surface area (Å²) in [7, 11) is 0. The first-order valence-corrected chi connectivity index (χ1v) is 8.55. The Labute approximate surface area is 143 Å². The van der Waals surface area contributed by atoms with E-state index >= 15 is 0 Å². The van der Waals surface area contributed by atoms with Gasteiger partial charge in [-0.15, -0.1) is 0 Å². The van der Waals surface area contributed by atoms with Gasteiger partial charge in [0.05, 0.1) is 12.2 Å². The second kappa shape index (κ2) is 7.69. The molecule has 0 N–H and O–H groups in total. The summed E-state index contributed by atoms with van der Waals surface area (Å²) in [5.41, 5.74) is 1.03. The minimum Gasteiger partial charge on any atom is -0.462 e. The Hall–Kier alpha value is -2.04. The molecule has 0 aliphatic carbocycles. The molecule has 1 heterocycles. The average molecular weight is 333 g/mol. The number of amides is 1. The van der Waals surface area contributed by atoms with Crippen molar-refractivity contribution in [3.05, 3.63) is 35.4 Å². The van der Waals surface area contributed by atoms with Crippen LogP contribution in [0.15, 0.2) is 24.3 Å². The van der Waals surface area contributed by atoms with Crippen LogP contribution in [0.2, 0.25) is 0 Å². The summed E-state index contributed by atoms with van der Waals surface area (Å²) in [6.45, 7) is 8.98. The number of nitrogens with zero attached hydrogens (tertiary/aromatic N) is 1. The second-order valence-corrected chi connectivity index (χ2v) is 7.07. The molecule has 2 rings (SSSR count). The fourth-order valence-electron chi connectivity index (χ4n) is 2.97. The van der Waals surface area contributed by atoms with E-state index in [-0.39, 0.29) is 18.0 Å². The van der Waals surface area contributed by atoms with Crippen molar-refractivity contribution in [1.29, 1.82) is 0 Å². The second-order valence-electron chi connectivity index (χ2n) is 7.07. The van der Waals surface area contributed by atoms with Gasteiger partial charge in [-0.2, -0.15) is 0 Å². The van der Waals surface area contributed by atoms with Crippen LogP contribution in [0.5, 0.6) is 0 Å². The zero-order valence-corrected chi connectivity index (χ0v) is 15.0. The first kappa shape index (κ1) is 18.3. The number of esters is 1. The van der Waals surface area contributed by atoms with E-state index in [0.717, 1.165) is 18.4 Å². The van der Waals surface area contributed by atoms with Crippen LogP contribution in [0.4, 0.5) is 4.79 Å². The van der Waals surface area contributed by atoms with E-state index < -0.39 is 5.60 Å². The zero-order valence-electron chi connectivity index (χ0n) is 15.0. The molecule has 24 heavy (non-hydrogen) atoms. The highest BCUT2D eigenvalue weighted by Gasteiger charge is 2.30. The third kappa shape index (κ3) is 4.73. The van der Waals surface area contributed by atoms with Crippen LogP contribution >= 0.6 is 0 Å². The zero-order chi connectivity index (χ0) is 17.7. The fourth-order valence-corrected chi connectivity index (χ4v) is 2.97. The maximum Gasteiger partial charge on any atom is 0.410 e. The number of ether oxygens (including phenoxy) is 2. The van der Waals surface area contributed by atoms with E-state index in [9.17, 15) is 9.59 Å². The van der Waals surface area contributed by atoms with Crippen molar-refractivity contribution in [3.63, 3.8) is 0 Å². The molecule has 0 saturated carbocycles. The molecule has 5 nitrogen and oxygen atoms in total. The van der Waals surface area contributed by atoms with Gasteiger partial charge in [-0.1, -0.05) is 18.2 Å². The van der Waals surface area contributed by atoms with Gasteiger partial charge in [0.15, 0.2) is 0 Å². The van der Waals surface area contributed by atoms with Crippen molar-refractivity contribution in [3.8, 4) is 0 Å². The van der Waals surface area contributed by atoms with E-state index in [0.29, 0.717) is 25.3 Å². The average Bonchev–Trinajstić information content (AvgIpc) is 2.53. The van der Waals surface area contributed by atoms with Crippen molar-refractivity contribution >= 4 is 12.1 Å². The van der Waals surface area contributed by atoms with Gasteiger partial charge in [-0.25, -0.2) is 9.59 Å². The molecule has 1 aliphatic rings. The van der Waals surface area contributed by atoms with Crippen LogP contribution in [0, 0.1) is 0 Å². The van der Waals surface area contributed by atoms with Crippen LogP contribution in [0.25, 0.3) is 0 Å². The van der Waals surface area contributed by atoms with Crippen LogP contribution in [0.3, 0.4) is 0 Å². The van der Waals surface area contributed by atoms with Gasteiger partial charge in [0.25, 0.3) is 0 Å². The lowest BCUT2D eigenvalue weighted by Crippen LogP contribution is -2.42. The number of rotatable bonds is 3. The van der Waals surface area contributed by atoms with Crippen LogP contribution in [-0.2, 0) is 9.47 Å². The lowest BCUT2D eigenvalue weighted by Gasteiger charge is -2.34. The first-order chi connectivity index (χ1) is 11.3. The molecular formula is C19H27NO4. The Morgan fingerprint density at radius 2 is 1.96 bits per heavy atom. The number of carbonyl (C=O) groups is 2. The predicted molar refractivity (Wildman–Crippen MR) is 92.2 cm³/mol. The van der Waals surface area contributed by atoms with E-state index in [1.807, 2.05) is 39.0 Å². The van der Waals surface area contributed by atoms with Crippen LogP contribution < -0.4 is 0 Å². The molecule has 0 radical (unpaired) electrons. The lowest BCUT2D eigenvalue weighted by molar-refractivity contribution is 0.0198. The maximum absolute atomic E-state index is 12.3. The molecule has 1 saturated heterocycles. The first-order valence-electron chi connectivity index (χ1n) is 8.55. The molecule has 0 bridgehead atoms. The van der Waals surface area contributed by atoms with Gasteiger partial charge < -0.3 is 14.4 Å². The SMILES string of the molecule is CCOC(=O)c1ccccc1[C@@H]1CCCN(C(=O)OC(C)(C)C)C1. The highest BCUT2D eigenvalue weighted by molar-refractivity contribution is 5.91. The number of benzene rings is 1. The van der Waals surface area contributed by atoms with Gasteiger partial charge in [0.2, 0.25) is 0 Å². The van der Waals surface area contributed by atoms with Gasteiger partial charge in [-0.05, 0) is 52.2 Å². The summed E-state index contributed by atoms with van der Waals surface area (Å²) in [4.78, 5) is 26.2. The van der Waals surface area contributed by atoms with Gasteiger partial charge in [-0.3, -0.25) is 0 Å². The highest BCUT2D eigenvalue weighted by atomic mass is 16.6. The third-order valence-electron chi connectivity index (χ3n) is 3.97. The molecule has 0 unspecified atom stereocenters. The Kier molecular flexibility index (Phi) is 5.86. The molecule has 1 aromatic carbocycles. The predicted octanol–water partition coefficient (Wildman–Crippen LogP) is 3.98. The molecule has 0 aromatic heterocycles. The standard InChI is InChI=1S/C19H27NO4/c1-5-23-17(21)16-11-7-6-10-15(16)14-9-8-12-20(13-14)18(22)24-19(2,3)4/h6-7,10-11,14H,5,8-9,12-13H2,1-4H3/t14-/m1/s1. The maximum atomic E-state index is 12.3. The molecule has 1 amide bonds. The number of hydrogen-bond donors (Lipinski definition) is 0. The fraction of sp³-hybridized carbons (Fsp3) is 0.579. The largest absolute Gasteiger partial charge is 0.462 e. The van der Waals surface area contributed by atoms with Crippen molar-refractivity contribution in [1.82, 2.24) is 4.90 Å². The molecule has 0 spiro atoms. The number of hydrogen-bond acceptors (Lipinski definition) is 4. The minimum absolute atomic E-state index is 0.117. The monoisotopic (exact) mass is 333 g/mol. The van der Waals surface area contributed by atoms with Gasteiger partial charge in [0.1, 0.15) is 5.60 Å². The Morgan fingerprint density at radius 3 is 2.62 bits per heavy atom. The van der Waals surface area contributed by atoms with E-state index in [1.165, 1.54) is 0 Å². The number of piperidine rings is 1. The summed E-state index contributed by atoms with van der Waals surface area (Å²) in [6, 6.07) is 7.50. The quantitative estimate of drug-likeness (QED) is 0.785. The molecule has 5 heteroatoms. The summed E-state index contributed by atoms with van der Waals surface area (Å²) >= 11 is 0. The van der Waals surface area contributed by atoms with Crippen LogP contribution in [0.1, 0.15) is 62.4 Å². The Bertz CT molecular complexity index is 591. The lowest BCUT2D eigenvalue weighted by atomic mass is 9.87. The van der Waals surface area contributed by atoms with Crippen molar-refractivity contribution in [2.75, 3.05) is 19.7 Å². The van der Waals surface area contributed by atoms with Crippen molar-refractivity contribution in [2.24, 2.45) is 0 Å². The van der Waals surface area contributed by atoms with Crippen molar-refractivity contribution in [2.45, 2.75) is 52.1 Å². The van der Waals surface area contributed by atoms with E-state index in [2.05, 4.69) is 0 Å². The highest BCUT2D eigenvalue weighted by Crippen LogP contribution is 2.30. The Balaban J connectivity index is 2.15. The van der Waals surface area contributed by atoms with Gasteiger partial charge in [0, 0.05) is 19.0 Å². The summed E-state index contributed by atoms with van der Waals surface area (Å²) in [5, 5.41) is 0. The summed E-state index contributed by atoms with van der Waals surface area (Å²) in [5.74, 6) is -0.186. The molecule has 1 atom stereocenters. The molecule has 1 fully saturated rings. The molecular weight excluding hydrogens is 306 g/mol. The molecule has 1 aliphatic heterocycles. The molecule has 1 aromatic rings. The topological polar surface area (TPSA) is 55.8 Å². The minimum atomic E-state index is -0.507. The van der Waals surface area contributed by atoms with Gasteiger partial charge >= 0.3 is 12.1 Å². The van der Waals surface area contributed by atoms with Crippen molar-refractivity contribution < 1.29 is 19.1 Å². The smallest absolute Gasteiger partial charge is 0.410 e. The summed E-state index contributed by atoms with van der Waals surface area (Å²) in [6.07, 6.45) is 1.54. The molecule has 132 valence electrons. The summed E-state index contributed by atoms with van der Waals surface area (Å²) < 4.78 is 10.6. The van der Waals surface area contributed by atoms with E-state index in [4.69, 9.17) is 9.47 Å².